The zero-order valence-corrected chi connectivity index (χ0v) is 11.8. The quantitative estimate of drug-likeness (QED) is 0.512. The number of methoxy groups -OCH3 is 2. The van der Waals surface area contributed by atoms with E-state index in [1.54, 1.807) is 7.11 Å². The molecule has 0 spiro atoms. The number of ether oxygens (including phenoxy) is 2. The van der Waals surface area contributed by atoms with E-state index in [1.807, 2.05) is 0 Å². The Labute approximate surface area is 114 Å². The number of nitrogens with one attached hydrogen (secondary N) is 2. The van der Waals surface area contributed by atoms with Crippen LogP contribution in [-0.4, -0.2) is 51.3 Å². The number of carbonyl (C=O) groups is 2. The van der Waals surface area contributed by atoms with Crippen LogP contribution in [0.5, 0.6) is 0 Å². The van der Waals surface area contributed by atoms with Crippen LogP contribution in [-0.2, 0) is 19.1 Å². The third-order valence-corrected chi connectivity index (χ3v) is 3.43. The van der Waals surface area contributed by atoms with Crippen LogP contribution >= 0.6 is 0 Å². The van der Waals surface area contributed by atoms with Crippen molar-refractivity contribution >= 4 is 11.9 Å². The molecule has 0 radical (unpaired) electrons. The molecule has 2 N–H and O–H groups in total. The summed E-state index contributed by atoms with van der Waals surface area (Å²) in [6.45, 7) is 1.34. The van der Waals surface area contributed by atoms with Gasteiger partial charge in [-0.25, -0.2) is 4.79 Å². The summed E-state index contributed by atoms with van der Waals surface area (Å²) in [4.78, 5) is 23.8. The highest BCUT2D eigenvalue weighted by Crippen LogP contribution is 2.29. The Balaban J connectivity index is 2.48. The third-order valence-electron chi connectivity index (χ3n) is 3.43. The molecule has 0 unspecified atom stereocenters. The lowest BCUT2D eigenvalue weighted by atomic mass is 9.81. The van der Waals surface area contributed by atoms with Gasteiger partial charge in [-0.3, -0.25) is 4.79 Å². The molecule has 6 nitrogen and oxygen atoms in total. The Bertz CT molecular complexity index is 301. The van der Waals surface area contributed by atoms with Crippen LogP contribution in [0.3, 0.4) is 0 Å². The summed E-state index contributed by atoms with van der Waals surface area (Å²) in [6.07, 6.45) is 4.28. The predicted octanol–water partition coefficient (Wildman–Crippen LogP) is 0.215. The van der Waals surface area contributed by atoms with Crippen LogP contribution in [0, 0.1) is 0 Å². The molecule has 1 rings (SSSR count). The average Bonchev–Trinajstić information content (AvgIpc) is 2.43. The first-order valence-corrected chi connectivity index (χ1v) is 6.74. The van der Waals surface area contributed by atoms with Gasteiger partial charge in [-0.2, -0.15) is 0 Å². The molecule has 0 aromatic heterocycles. The number of carbonyl (C=O) groups excluding carboxylic acids is 2. The molecule has 0 saturated heterocycles. The monoisotopic (exact) mass is 272 g/mol. The van der Waals surface area contributed by atoms with Crippen LogP contribution < -0.4 is 10.6 Å². The number of hydrogen-bond acceptors (Lipinski definition) is 5. The van der Waals surface area contributed by atoms with Gasteiger partial charge in [0.05, 0.1) is 20.3 Å². The zero-order valence-electron chi connectivity index (χ0n) is 11.8. The normalized spacial score (nSPS) is 17.8. The van der Waals surface area contributed by atoms with E-state index >= 15 is 0 Å². The summed E-state index contributed by atoms with van der Waals surface area (Å²) in [5.74, 6) is -0.513. The standard InChI is InChI=1S/C13H24N2O4/c1-18-9-8-14-10-11(16)15-13(12(17)19-2)6-4-3-5-7-13/h14H,3-10H2,1-2H3,(H,15,16). The Morgan fingerprint density at radius 1 is 1.16 bits per heavy atom. The molecular formula is C13H24N2O4. The topological polar surface area (TPSA) is 76.7 Å². The molecule has 0 aliphatic heterocycles. The van der Waals surface area contributed by atoms with E-state index in [2.05, 4.69) is 10.6 Å². The lowest BCUT2D eigenvalue weighted by Crippen LogP contribution is -2.57. The lowest BCUT2D eigenvalue weighted by Gasteiger charge is -2.35. The second-order valence-corrected chi connectivity index (χ2v) is 4.85. The molecule has 0 heterocycles. The van der Waals surface area contributed by atoms with Crippen molar-refractivity contribution in [3.05, 3.63) is 0 Å². The van der Waals surface area contributed by atoms with E-state index in [1.165, 1.54) is 7.11 Å². The Hall–Kier alpha value is -1.14. The summed E-state index contributed by atoms with van der Waals surface area (Å²) < 4.78 is 9.72. The molecule has 1 aliphatic carbocycles. The molecule has 19 heavy (non-hydrogen) atoms. The number of amides is 1. The predicted molar refractivity (Wildman–Crippen MR) is 70.7 cm³/mol. The van der Waals surface area contributed by atoms with Gasteiger partial charge >= 0.3 is 5.97 Å². The van der Waals surface area contributed by atoms with Gasteiger partial charge in [-0.05, 0) is 12.8 Å². The van der Waals surface area contributed by atoms with Gasteiger partial charge in [-0.1, -0.05) is 19.3 Å². The van der Waals surface area contributed by atoms with E-state index in [-0.39, 0.29) is 18.4 Å². The number of rotatable bonds is 7. The minimum absolute atomic E-state index is 0.177. The van der Waals surface area contributed by atoms with E-state index < -0.39 is 5.54 Å². The van der Waals surface area contributed by atoms with Gasteiger partial charge in [0.1, 0.15) is 5.54 Å². The molecule has 0 aromatic rings. The third kappa shape index (κ3) is 4.80. The van der Waals surface area contributed by atoms with E-state index in [0.29, 0.717) is 26.0 Å². The fourth-order valence-electron chi connectivity index (χ4n) is 2.42. The molecule has 1 fully saturated rings. The summed E-state index contributed by atoms with van der Waals surface area (Å²) >= 11 is 0. The fraction of sp³-hybridized carbons (Fsp3) is 0.846. The van der Waals surface area contributed by atoms with Crippen molar-refractivity contribution < 1.29 is 19.1 Å². The van der Waals surface area contributed by atoms with Crippen molar-refractivity contribution in [3.8, 4) is 0 Å². The van der Waals surface area contributed by atoms with E-state index in [4.69, 9.17) is 9.47 Å². The average molecular weight is 272 g/mol. The molecule has 6 heteroatoms. The Kier molecular flexibility index (Phi) is 6.80. The molecule has 0 aromatic carbocycles. The summed E-state index contributed by atoms with van der Waals surface area (Å²) in [5.41, 5.74) is -0.826. The first-order chi connectivity index (χ1) is 9.14. The van der Waals surface area contributed by atoms with Crippen LogP contribution in [0.1, 0.15) is 32.1 Å². The summed E-state index contributed by atoms with van der Waals surface area (Å²) in [5, 5.41) is 5.80. The Morgan fingerprint density at radius 2 is 1.84 bits per heavy atom. The van der Waals surface area contributed by atoms with E-state index in [9.17, 15) is 9.59 Å². The van der Waals surface area contributed by atoms with Crippen LogP contribution in [0.15, 0.2) is 0 Å². The lowest BCUT2D eigenvalue weighted by molar-refractivity contribution is -0.152. The fourth-order valence-corrected chi connectivity index (χ4v) is 2.42. The SMILES string of the molecule is COCCNCC(=O)NC1(C(=O)OC)CCCCC1. The Morgan fingerprint density at radius 3 is 2.42 bits per heavy atom. The first kappa shape index (κ1) is 15.9. The molecule has 1 saturated carbocycles. The molecular weight excluding hydrogens is 248 g/mol. The molecule has 0 atom stereocenters. The molecule has 0 bridgehead atoms. The van der Waals surface area contributed by atoms with Crippen molar-refractivity contribution in [3.63, 3.8) is 0 Å². The van der Waals surface area contributed by atoms with Gasteiger partial charge in [0, 0.05) is 13.7 Å². The van der Waals surface area contributed by atoms with Crippen molar-refractivity contribution in [2.45, 2.75) is 37.6 Å². The van der Waals surface area contributed by atoms with E-state index in [0.717, 1.165) is 19.3 Å². The van der Waals surface area contributed by atoms with Gasteiger partial charge in [0.2, 0.25) is 5.91 Å². The van der Waals surface area contributed by atoms with Crippen molar-refractivity contribution in [1.29, 1.82) is 0 Å². The van der Waals surface area contributed by atoms with Crippen LogP contribution in [0.25, 0.3) is 0 Å². The minimum atomic E-state index is -0.826. The number of esters is 1. The van der Waals surface area contributed by atoms with Gasteiger partial charge in [-0.15, -0.1) is 0 Å². The molecule has 1 aliphatic rings. The maximum atomic E-state index is 11.9. The maximum Gasteiger partial charge on any atom is 0.331 e. The molecule has 1 amide bonds. The van der Waals surface area contributed by atoms with Gasteiger partial charge in [0.15, 0.2) is 0 Å². The van der Waals surface area contributed by atoms with Gasteiger partial charge < -0.3 is 20.1 Å². The first-order valence-electron chi connectivity index (χ1n) is 6.74. The van der Waals surface area contributed by atoms with Crippen molar-refractivity contribution in [1.82, 2.24) is 10.6 Å². The largest absolute Gasteiger partial charge is 0.467 e. The number of hydrogen-bond donors (Lipinski definition) is 2. The van der Waals surface area contributed by atoms with Crippen LogP contribution in [0.2, 0.25) is 0 Å². The smallest absolute Gasteiger partial charge is 0.331 e. The van der Waals surface area contributed by atoms with Crippen molar-refractivity contribution in [2.75, 3.05) is 33.9 Å². The second-order valence-electron chi connectivity index (χ2n) is 4.85. The highest BCUT2D eigenvalue weighted by molar-refractivity contribution is 5.88. The molecule has 110 valence electrons. The van der Waals surface area contributed by atoms with Crippen molar-refractivity contribution in [2.24, 2.45) is 0 Å². The highest BCUT2D eigenvalue weighted by Gasteiger charge is 2.41. The minimum Gasteiger partial charge on any atom is -0.467 e. The van der Waals surface area contributed by atoms with Crippen LogP contribution in [0.4, 0.5) is 0 Å². The summed E-state index contributed by atoms with van der Waals surface area (Å²) in [6, 6.07) is 0. The summed E-state index contributed by atoms with van der Waals surface area (Å²) in [7, 11) is 2.97. The highest BCUT2D eigenvalue weighted by atomic mass is 16.5. The second kappa shape index (κ2) is 8.12. The zero-order chi connectivity index (χ0) is 14.1. The maximum absolute atomic E-state index is 11.9. The van der Waals surface area contributed by atoms with Gasteiger partial charge in [0.25, 0.3) is 0 Å².